The summed E-state index contributed by atoms with van der Waals surface area (Å²) in [6, 6.07) is 9.56. The Morgan fingerprint density at radius 3 is 2.43 bits per heavy atom. The first-order valence-electron chi connectivity index (χ1n) is 6.83. The summed E-state index contributed by atoms with van der Waals surface area (Å²) in [5.41, 5.74) is 0.940. The average Bonchev–Trinajstić information content (AvgIpc) is 2.37. The molecule has 1 N–H and O–H groups in total. The summed E-state index contributed by atoms with van der Waals surface area (Å²) in [6.45, 7) is 8.23. The van der Waals surface area contributed by atoms with E-state index in [0.29, 0.717) is 11.0 Å². The summed E-state index contributed by atoms with van der Waals surface area (Å²) in [5, 5.41) is 4.50. The van der Waals surface area contributed by atoms with Crippen LogP contribution in [-0.2, 0) is 5.41 Å². The predicted octanol–water partition coefficient (Wildman–Crippen LogP) is 5.25. The zero-order chi connectivity index (χ0) is 15.6. The molecule has 0 radical (unpaired) electrons. The van der Waals surface area contributed by atoms with Crippen molar-refractivity contribution >= 4 is 29.0 Å². The molecule has 0 fully saturated rings. The van der Waals surface area contributed by atoms with Crippen LogP contribution in [0, 0.1) is 0 Å². The Morgan fingerprint density at radius 2 is 1.81 bits per heavy atom. The van der Waals surface area contributed by atoms with Crippen molar-refractivity contribution < 1.29 is 0 Å². The van der Waals surface area contributed by atoms with Gasteiger partial charge in [0.05, 0.1) is 0 Å². The van der Waals surface area contributed by atoms with Gasteiger partial charge in [-0.1, -0.05) is 56.1 Å². The summed E-state index contributed by atoms with van der Waals surface area (Å²) in [5.74, 6) is 1.43. The first-order valence-corrected chi connectivity index (χ1v) is 7.58. The highest BCUT2D eigenvalue weighted by molar-refractivity contribution is 6.30. The predicted molar refractivity (Wildman–Crippen MR) is 89.2 cm³/mol. The molecule has 0 aliphatic rings. The van der Waals surface area contributed by atoms with Gasteiger partial charge < -0.3 is 5.32 Å². The summed E-state index contributed by atoms with van der Waals surface area (Å²) in [6.07, 6.45) is 0. The van der Waals surface area contributed by atoms with E-state index in [-0.39, 0.29) is 11.5 Å². The van der Waals surface area contributed by atoms with Crippen LogP contribution in [0.5, 0.6) is 0 Å². The van der Waals surface area contributed by atoms with Gasteiger partial charge in [0.25, 0.3) is 0 Å². The molecule has 5 heteroatoms. The lowest BCUT2D eigenvalue weighted by atomic mass is 9.96. The van der Waals surface area contributed by atoms with E-state index >= 15 is 0 Å². The molecular formula is C16H19Cl2N3. The number of benzene rings is 1. The van der Waals surface area contributed by atoms with Crippen molar-refractivity contribution in [2.24, 2.45) is 0 Å². The van der Waals surface area contributed by atoms with Crippen LogP contribution in [0.3, 0.4) is 0 Å². The number of rotatable bonds is 3. The molecule has 0 saturated carbocycles. The summed E-state index contributed by atoms with van der Waals surface area (Å²) in [4.78, 5) is 8.85. The van der Waals surface area contributed by atoms with Gasteiger partial charge in [-0.25, -0.2) is 9.97 Å². The molecule has 1 unspecified atom stereocenters. The van der Waals surface area contributed by atoms with Gasteiger partial charge in [0, 0.05) is 22.5 Å². The van der Waals surface area contributed by atoms with Gasteiger partial charge in [-0.15, -0.1) is 0 Å². The normalized spacial score (nSPS) is 13.0. The Hall–Kier alpha value is -1.32. The maximum absolute atomic E-state index is 6.10. The molecule has 2 rings (SSSR count). The number of aromatic nitrogens is 2. The minimum Gasteiger partial charge on any atom is -0.363 e. The van der Waals surface area contributed by atoms with E-state index in [1.165, 1.54) is 0 Å². The van der Waals surface area contributed by atoms with Crippen molar-refractivity contribution in [2.45, 2.75) is 39.2 Å². The fraction of sp³-hybridized carbons (Fsp3) is 0.375. The molecule has 0 aliphatic carbocycles. The Bertz CT molecular complexity index is 636. The largest absolute Gasteiger partial charge is 0.363 e. The van der Waals surface area contributed by atoms with E-state index in [9.17, 15) is 0 Å². The fourth-order valence-corrected chi connectivity index (χ4v) is 2.29. The molecule has 0 aliphatic heterocycles. The highest BCUT2D eigenvalue weighted by Gasteiger charge is 2.19. The number of hydrogen-bond acceptors (Lipinski definition) is 3. The highest BCUT2D eigenvalue weighted by atomic mass is 35.5. The van der Waals surface area contributed by atoms with Crippen LogP contribution in [0.1, 0.15) is 45.1 Å². The smallest absolute Gasteiger partial charge is 0.137 e. The number of halogens is 2. The molecule has 1 aromatic carbocycles. The van der Waals surface area contributed by atoms with E-state index in [2.05, 4.69) is 43.0 Å². The summed E-state index contributed by atoms with van der Waals surface area (Å²) >= 11 is 12.1. The third-order valence-corrected chi connectivity index (χ3v) is 3.51. The second-order valence-corrected chi connectivity index (χ2v) is 6.89. The Labute approximate surface area is 135 Å². The monoisotopic (exact) mass is 323 g/mol. The van der Waals surface area contributed by atoms with Crippen LogP contribution in [-0.4, -0.2) is 9.97 Å². The van der Waals surface area contributed by atoms with Gasteiger partial charge in [0.15, 0.2) is 0 Å². The van der Waals surface area contributed by atoms with Crippen molar-refractivity contribution in [2.75, 3.05) is 5.32 Å². The fourth-order valence-electron chi connectivity index (χ4n) is 1.91. The minimum absolute atomic E-state index is 0.0717. The van der Waals surface area contributed by atoms with Crippen LogP contribution in [0.15, 0.2) is 30.3 Å². The van der Waals surface area contributed by atoms with Gasteiger partial charge in [-0.2, -0.15) is 0 Å². The van der Waals surface area contributed by atoms with Crippen LogP contribution >= 0.6 is 23.2 Å². The number of hydrogen-bond donors (Lipinski definition) is 1. The van der Waals surface area contributed by atoms with Crippen molar-refractivity contribution in [1.82, 2.24) is 9.97 Å². The van der Waals surface area contributed by atoms with E-state index < -0.39 is 0 Å². The molecular weight excluding hydrogens is 305 g/mol. The number of anilines is 1. The molecule has 0 spiro atoms. The van der Waals surface area contributed by atoms with Gasteiger partial charge in [0.1, 0.15) is 16.8 Å². The summed E-state index contributed by atoms with van der Waals surface area (Å²) < 4.78 is 0. The third-order valence-electron chi connectivity index (χ3n) is 3.08. The van der Waals surface area contributed by atoms with E-state index in [0.717, 1.165) is 16.4 Å². The highest BCUT2D eigenvalue weighted by Crippen LogP contribution is 2.25. The second-order valence-electron chi connectivity index (χ2n) is 6.07. The maximum Gasteiger partial charge on any atom is 0.137 e. The van der Waals surface area contributed by atoms with E-state index in [1.807, 2.05) is 24.3 Å². The first kappa shape index (κ1) is 16.1. The van der Waals surface area contributed by atoms with Crippen molar-refractivity contribution in [3.8, 4) is 0 Å². The molecule has 1 atom stereocenters. The van der Waals surface area contributed by atoms with Crippen molar-refractivity contribution in [1.29, 1.82) is 0 Å². The SMILES string of the molecule is CC(Nc1cc(Cl)nc(C(C)(C)C)n1)c1cccc(Cl)c1. The molecule has 21 heavy (non-hydrogen) atoms. The lowest BCUT2D eigenvalue weighted by Crippen LogP contribution is -2.18. The van der Waals surface area contributed by atoms with E-state index in [4.69, 9.17) is 23.2 Å². The number of nitrogens with one attached hydrogen (secondary N) is 1. The number of nitrogens with zero attached hydrogens (tertiary/aromatic N) is 2. The van der Waals surface area contributed by atoms with Gasteiger partial charge in [-0.05, 0) is 24.6 Å². The molecule has 112 valence electrons. The standard InChI is InChI=1S/C16H19Cl2N3/c1-10(11-6-5-7-12(17)8-11)19-14-9-13(18)20-15(21-14)16(2,3)4/h5-10H,1-4H3,(H,19,20,21). The zero-order valence-electron chi connectivity index (χ0n) is 12.6. The molecule has 1 aromatic heterocycles. The Morgan fingerprint density at radius 1 is 1.10 bits per heavy atom. The zero-order valence-corrected chi connectivity index (χ0v) is 14.1. The lowest BCUT2D eigenvalue weighted by Gasteiger charge is -2.20. The lowest BCUT2D eigenvalue weighted by molar-refractivity contribution is 0.545. The minimum atomic E-state index is -0.152. The molecule has 0 saturated heterocycles. The first-order chi connectivity index (χ1) is 9.75. The van der Waals surface area contributed by atoms with Crippen molar-refractivity contribution in [3.63, 3.8) is 0 Å². The van der Waals surface area contributed by atoms with Crippen molar-refractivity contribution in [3.05, 3.63) is 51.9 Å². The van der Waals surface area contributed by atoms with Crippen LogP contribution in [0.4, 0.5) is 5.82 Å². The topological polar surface area (TPSA) is 37.8 Å². The second kappa shape index (κ2) is 6.20. The quantitative estimate of drug-likeness (QED) is 0.783. The third kappa shape index (κ3) is 4.32. The average molecular weight is 324 g/mol. The van der Waals surface area contributed by atoms with E-state index in [1.54, 1.807) is 6.07 Å². The summed E-state index contributed by atoms with van der Waals surface area (Å²) in [7, 11) is 0. The van der Waals surface area contributed by atoms with Crippen LogP contribution < -0.4 is 5.32 Å². The maximum atomic E-state index is 6.10. The van der Waals surface area contributed by atoms with Gasteiger partial charge in [0.2, 0.25) is 0 Å². The van der Waals surface area contributed by atoms with Crippen LogP contribution in [0.25, 0.3) is 0 Å². The molecule has 2 aromatic rings. The molecule has 3 nitrogen and oxygen atoms in total. The van der Waals surface area contributed by atoms with Crippen LogP contribution in [0.2, 0.25) is 10.2 Å². The van der Waals surface area contributed by atoms with Gasteiger partial charge in [-0.3, -0.25) is 0 Å². The molecule has 0 amide bonds. The Balaban J connectivity index is 2.25. The molecule has 1 heterocycles. The van der Waals surface area contributed by atoms with Gasteiger partial charge >= 0.3 is 0 Å². The Kier molecular flexibility index (Phi) is 4.74. The molecule has 0 bridgehead atoms.